The number of benzene rings is 1. The smallest absolute Gasteiger partial charge is 0.253 e. The van der Waals surface area contributed by atoms with E-state index < -0.39 is 0 Å². The number of hydrogen-bond donors (Lipinski definition) is 1. The molecule has 3 heteroatoms. The Morgan fingerprint density at radius 3 is 2.82 bits per heavy atom. The largest absolute Gasteiger partial charge is 0.352 e. The average Bonchev–Trinajstić information content (AvgIpc) is 2.64. The molecule has 2 aromatic rings. The summed E-state index contributed by atoms with van der Waals surface area (Å²) < 4.78 is 2.30. The summed E-state index contributed by atoms with van der Waals surface area (Å²) in [7, 11) is 0. The molecule has 0 saturated carbocycles. The Bertz CT molecular complexity index is 596. The Kier molecular flexibility index (Phi) is 2.21. The molecule has 88 valence electrons. The van der Waals surface area contributed by atoms with Crippen molar-refractivity contribution in [2.24, 2.45) is 0 Å². The number of aromatic nitrogens is 1. The molecule has 1 N–H and O–H groups in total. The third kappa shape index (κ3) is 1.38. The quantitative estimate of drug-likeness (QED) is 0.799. The number of nitrogens with one attached hydrogen (secondary N) is 1. The third-order valence-corrected chi connectivity index (χ3v) is 3.40. The molecule has 1 amide bonds. The van der Waals surface area contributed by atoms with E-state index in [-0.39, 0.29) is 5.91 Å². The van der Waals surface area contributed by atoms with Crippen molar-refractivity contribution in [1.82, 2.24) is 9.88 Å². The van der Waals surface area contributed by atoms with E-state index in [2.05, 4.69) is 29.8 Å². The van der Waals surface area contributed by atoms with Gasteiger partial charge in [0.15, 0.2) is 0 Å². The van der Waals surface area contributed by atoms with Crippen molar-refractivity contribution in [1.29, 1.82) is 0 Å². The maximum absolute atomic E-state index is 12.0. The van der Waals surface area contributed by atoms with Crippen molar-refractivity contribution in [2.75, 3.05) is 6.54 Å². The zero-order valence-corrected chi connectivity index (χ0v) is 10.2. The average molecular weight is 228 g/mol. The monoisotopic (exact) mass is 228 g/mol. The molecule has 3 rings (SSSR count). The lowest BCUT2D eigenvalue weighted by Crippen LogP contribution is -2.32. The van der Waals surface area contributed by atoms with Crippen molar-refractivity contribution in [3.63, 3.8) is 0 Å². The molecule has 3 nitrogen and oxygen atoms in total. The molecule has 2 heterocycles. The second kappa shape index (κ2) is 3.62. The van der Waals surface area contributed by atoms with E-state index in [1.807, 2.05) is 18.2 Å². The Morgan fingerprint density at radius 1 is 1.29 bits per heavy atom. The number of hydrogen-bond acceptors (Lipinski definition) is 1. The van der Waals surface area contributed by atoms with Gasteiger partial charge in [-0.1, -0.05) is 18.2 Å². The first-order valence-corrected chi connectivity index (χ1v) is 6.10. The maximum Gasteiger partial charge on any atom is 0.253 e. The second-order valence-electron chi connectivity index (χ2n) is 4.81. The van der Waals surface area contributed by atoms with Crippen LogP contribution < -0.4 is 5.32 Å². The highest BCUT2D eigenvalue weighted by Gasteiger charge is 2.25. The first kappa shape index (κ1) is 10.4. The van der Waals surface area contributed by atoms with E-state index in [0.29, 0.717) is 6.04 Å². The predicted molar refractivity (Wildman–Crippen MR) is 68.4 cm³/mol. The Hall–Kier alpha value is -1.77. The molecular formula is C14H16N2O. The second-order valence-corrected chi connectivity index (χ2v) is 4.81. The van der Waals surface area contributed by atoms with Gasteiger partial charge in [0.05, 0.1) is 5.56 Å². The molecule has 0 saturated heterocycles. The van der Waals surface area contributed by atoms with Crippen molar-refractivity contribution in [3.8, 4) is 0 Å². The highest BCUT2D eigenvalue weighted by atomic mass is 16.1. The van der Waals surface area contributed by atoms with Gasteiger partial charge in [0, 0.05) is 35.6 Å². The lowest BCUT2D eigenvalue weighted by molar-refractivity contribution is 0.0946. The number of rotatable bonds is 1. The van der Waals surface area contributed by atoms with Crippen LogP contribution in [0, 0.1) is 0 Å². The molecule has 0 radical (unpaired) electrons. The number of nitrogens with zero attached hydrogens (tertiary/aromatic N) is 1. The standard InChI is InChI=1S/C14H16N2O/c1-9(2)16-11-6-4-3-5-10(11)13-12(16)7-8-15-14(13)17/h3-6,9H,7-8H2,1-2H3,(H,15,17). The Labute approximate surface area is 100 Å². The molecular weight excluding hydrogens is 212 g/mol. The fourth-order valence-corrected chi connectivity index (χ4v) is 2.79. The minimum Gasteiger partial charge on any atom is -0.352 e. The van der Waals surface area contributed by atoms with Crippen LogP contribution in [0.1, 0.15) is 35.9 Å². The normalized spacial score (nSPS) is 15.1. The van der Waals surface area contributed by atoms with Gasteiger partial charge in [0.2, 0.25) is 0 Å². The predicted octanol–water partition coefficient (Wildman–Crippen LogP) is 2.51. The van der Waals surface area contributed by atoms with E-state index >= 15 is 0 Å². The lowest BCUT2D eigenvalue weighted by atomic mass is 10.1. The van der Waals surface area contributed by atoms with Crippen LogP contribution in [0.2, 0.25) is 0 Å². The van der Waals surface area contributed by atoms with Gasteiger partial charge in [-0.3, -0.25) is 4.79 Å². The van der Waals surface area contributed by atoms with E-state index in [1.165, 1.54) is 11.2 Å². The van der Waals surface area contributed by atoms with Crippen LogP contribution in [0.4, 0.5) is 0 Å². The summed E-state index contributed by atoms with van der Waals surface area (Å²) in [6.07, 6.45) is 0.925. The van der Waals surface area contributed by atoms with Crippen LogP contribution in [0.5, 0.6) is 0 Å². The highest BCUT2D eigenvalue weighted by Crippen LogP contribution is 2.31. The molecule has 17 heavy (non-hydrogen) atoms. The minimum atomic E-state index is 0.0712. The summed E-state index contributed by atoms with van der Waals surface area (Å²) in [5, 5.41) is 4.01. The van der Waals surface area contributed by atoms with Crippen LogP contribution in [-0.2, 0) is 6.42 Å². The third-order valence-electron chi connectivity index (χ3n) is 3.40. The molecule has 1 aromatic heterocycles. The first-order chi connectivity index (χ1) is 8.20. The number of carbonyl (C=O) groups is 1. The molecule has 1 aliphatic heterocycles. The number of amides is 1. The fraction of sp³-hybridized carbons (Fsp3) is 0.357. The number of fused-ring (bicyclic) bond motifs is 3. The summed E-state index contributed by atoms with van der Waals surface area (Å²) in [5.74, 6) is 0.0712. The molecule has 1 aliphatic rings. The van der Waals surface area contributed by atoms with Crippen molar-refractivity contribution >= 4 is 16.8 Å². The summed E-state index contributed by atoms with van der Waals surface area (Å²) in [6, 6.07) is 8.55. The van der Waals surface area contributed by atoms with Crippen molar-refractivity contribution in [3.05, 3.63) is 35.5 Å². The van der Waals surface area contributed by atoms with Gasteiger partial charge in [0.25, 0.3) is 5.91 Å². The highest BCUT2D eigenvalue weighted by molar-refractivity contribution is 6.09. The van der Waals surface area contributed by atoms with E-state index in [1.54, 1.807) is 0 Å². The molecule has 0 unspecified atom stereocenters. The Morgan fingerprint density at radius 2 is 2.06 bits per heavy atom. The van der Waals surface area contributed by atoms with Gasteiger partial charge >= 0.3 is 0 Å². The van der Waals surface area contributed by atoms with Crippen molar-refractivity contribution < 1.29 is 4.79 Å². The molecule has 0 spiro atoms. The van der Waals surface area contributed by atoms with Crippen molar-refractivity contribution in [2.45, 2.75) is 26.3 Å². The van der Waals surface area contributed by atoms with E-state index in [0.717, 1.165) is 23.9 Å². The van der Waals surface area contributed by atoms with E-state index in [9.17, 15) is 4.79 Å². The van der Waals surface area contributed by atoms with Crippen LogP contribution in [-0.4, -0.2) is 17.0 Å². The van der Waals surface area contributed by atoms with Gasteiger partial charge in [-0.25, -0.2) is 0 Å². The van der Waals surface area contributed by atoms with Gasteiger partial charge in [-0.2, -0.15) is 0 Å². The summed E-state index contributed by atoms with van der Waals surface area (Å²) in [5.41, 5.74) is 3.23. The fourth-order valence-electron chi connectivity index (χ4n) is 2.79. The van der Waals surface area contributed by atoms with Crippen LogP contribution in [0.25, 0.3) is 10.9 Å². The first-order valence-electron chi connectivity index (χ1n) is 6.10. The van der Waals surface area contributed by atoms with Gasteiger partial charge < -0.3 is 9.88 Å². The molecule has 0 atom stereocenters. The maximum atomic E-state index is 12.0. The SMILES string of the molecule is CC(C)n1c2c(c3ccccc31)C(=O)NCC2. The molecule has 0 aliphatic carbocycles. The topological polar surface area (TPSA) is 34.0 Å². The van der Waals surface area contributed by atoms with Gasteiger partial charge in [-0.05, 0) is 19.9 Å². The summed E-state index contributed by atoms with van der Waals surface area (Å²) in [6.45, 7) is 5.08. The van der Waals surface area contributed by atoms with Crippen LogP contribution in [0.15, 0.2) is 24.3 Å². The lowest BCUT2D eigenvalue weighted by Gasteiger charge is -2.18. The molecule has 0 bridgehead atoms. The Balaban J connectivity index is 2.43. The number of carbonyl (C=O) groups excluding carboxylic acids is 1. The van der Waals surface area contributed by atoms with Gasteiger partial charge in [0.1, 0.15) is 0 Å². The zero-order valence-electron chi connectivity index (χ0n) is 10.2. The minimum absolute atomic E-state index is 0.0712. The molecule has 1 aromatic carbocycles. The molecule has 0 fully saturated rings. The van der Waals surface area contributed by atoms with Crippen LogP contribution in [0.3, 0.4) is 0 Å². The summed E-state index contributed by atoms with van der Waals surface area (Å²) in [4.78, 5) is 12.0. The van der Waals surface area contributed by atoms with Crippen LogP contribution >= 0.6 is 0 Å². The van der Waals surface area contributed by atoms with Gasteiger partial charge in [-0.15, -0.1) is 0 Å². The summed E-state index contributed by atoms with van der Waals surface area (Å²) >= 11 is 0. The number of para-hydroxylation sites is 1. The van der Waals surface area contributed by atoms with E-state index in [4.69, 9.17) is 0 Å². The zero-order chi connectivity index (χ0) is 12.0.